The van der Waals surface area contributed by atoms with Crippen LogP contribution in [-0.4, -0.2) is 33.9 Å². The van der Waals surface area contributed by atoms with Crippen LogP contribution in [0.15, 0.2) is 34.9 Å². The van der Waals surface area contributed by atoms with Gasteiger partial charge in [0, 0.05) is 22.6 Å². The number of aromatic nitrogens is 1. The zero-order valence-corrected chi connectivity index (χ0v) is 12.3. The highest BCUT2D eigenvalue weighted by atomic mass is 79.9. The van der Waals surface area contributed by atoms with Gasteiger partial charge in [-0.1, -0.05) is 28.1 Å². The van der Waals surface area contributed by atoms with Gasteiger partial charge in [0.2, 0.25) is 0 Å². The number of pyridine rings is 1. The van der Waals surface area contributed by atoms with E-state index in [9.17, 15) is 10.2 Å². The van der Waals surface area contributed by atoms with E-state index in [0.29, 0.717) is 6.54 Å². The van der Waals surface area contributed by atoms with Crippen LogP contribution in [0.5, 0.6) is 0 Å². The summed E-state index contributed by atoms with van der Waals surface area (Å²) in [5, 5.41) is 22.8. The maximum absolute atomic E-state index is 9.28. The lowest BCUT2D eigenvalue weighted by Crippen LogP contribution is -2.48. The Morgan fingerprint density at radius 3 is 2.68 bits per heavy atom. The van der Waals surface area contributed by atoms with Crippen molar-refractivity contribution in [3.8, 4) is 0 Å². The summed E-state index contributed by atoms with van der Waals surface area (Å²) in [4.78, 5) is 4.40. The second-order valence-corrected chi connectivity index (χ2v) is 5.69. The molecule has 5 heteroatoms. The number of aliphatic hydroxyl groups excluding tert-OH is 2. The van der Waals surface area contributed by atoms with Crippen LogP contribution in [0.25, 0.3) is 10.9 Å². The fourth-order valence-corrected chi connectivity index (χ4v) is 2.26. The number of halogens is 1. The van der Waals surface area contributed by atoms with Crippen molar-refractivity contribution < 1.29 is 10.2 Å². The van der Waals surface area contributed by atoms with Crippen molar-refractivity contribution >= 4 is 26.8 Å². The molecule has 0 fully saturated rings. The predicted octanol–water partition coefficient (Wildman–Crippen LogP) is 1.83. The minimum atomic E-state index is -0.686. The Kier molecular flexibility index (Phi) is 4.52. The number of nitrogens with zero attached hydrogens (tertiary/aromatic N) is 1. The second kappa shape index (κ2) is 5.96. The lowest BCUT2D eigenvalue weighted by molar-refractivity contribution is 0.103. The van der Waals surface area contributed by atoms with E-state index < -0.39 is 5.54 Å². The van der Waals surface area contributed by atoms with Crippen molar-refractivity contribution in [1.29, 1.82) is 0 Å². The van der Waals surface area contributed by atoms with Crippen molar-refractivity contribution in [2.75, 3.05) is 13.2 Å². The fourth-order valence-electron chi connectivity index (χ4n) is 1.81. The number of fused-ring (bicyclic) bond motifs is 1. The van der Waals surface area contributed by atoms with Gasteiger partial charge in [-0.15, -0.1) is 0 Å². The molecule has 102 valence electrons. The van der Waals surface area contributed by atoms with E-state index in [-0.39, 0.29) is 13.2 Å². The third-order valence-electron chi connectivity index (χ3n) is 3.20. The fraction of sp³-hybridized carbons (Fsp3) is 0.357. The zero-order valence-electron chi connectivity index (χ0n) is 10.7. The van der Waals surface area contributed by atoms with Crippen molar-refractivity contribution in [2.24, 2.45) is 0 Å². The van der Waals surface area contributed by atoms with Gasteiger partial charge in [-0.05, 0) is 24.6 Å². The van der Waals surface area contributed by atoms with Crippen LogP contribution in [0.4, 0.5) is 0 Å². The Labute approximate surface area is 120 Å². The minimum Gasteiger partial charge on any atom is -0.394 e. The standard InChI is InChI=1S/C14H17BrN2O2/c1-14(8-18,9-19)17-7-10-4-5-12(15)11-3-2-6-16-13(10)11/h2-6,17-19H,7-9H2,1H3. The summed E-state index contributed by atoms with van der Waals surface area (Å²) in [6, 6.07) is 7.88. The first-order chi connectivity index (χ1) is 9.09. The quantitative estimate of drug-likeness (QED) is 0.785. The lowest BCUT2D eigenvalue weighted by Gasteiger charge is -2.26. The molecule has 3 N–H and O–H groups in total. The predicted molar refractivity (Wildman–Crippen MR) is 78.9 cm³/mol. The van der Waals surface area contributed by atoms with Crippen LogP contribution < -0.4 is 5.32 Å². The molecule has 1 heterocycles. The van der Waals surface area contributed by atoms with Crippen LogP contribution >= 0.6 is 15.9 Å². The van der Waals surface area contributed by atoms with E-state index in [1.807, 2.05) is 24.3 Å². The lowest BCUT2D eigenvalue weighted by atomic mass is 10.0. The highest BCUT2D eigenvalue weighted by Gasteiger charge is 2.21. The summed E-state index contributed by atoms with van der Waals surface area (Å²) in [6.45, 7) is 2.08. The Hall–Kier alpha value is -1.01. The van der Waals surface area contributed by atoms with Crippen LogP contribution in [0, 0.1) is 0 Å². The van der Waals surface area contributed by atoms with E-state index in [0.717, 1.165) is 20.9 Å². The molecule has 0 saturated heterocycles. The molecule has 0 unspecified atom stereocenters. The number of rotatable bonds is 5. The first-order valence-electron chi connectivity index (χ1n) is 6.08. The van der Waals surface area contributed by atoms with E-state index >= 15 is 0 Å². The minimum absolute atomic E-state index is 0.120. The molecule has 4 nitrogen and oxygen atoms in total. The van der Waals surface area contributed by atoms with Gasteiger partial charge >= 0.3 is 0 Å². The van der Waals surface area contributed by atoms with Gasteiger partial charge in [0.1, 0.15) is 0 Å². The third kappa shape index (κ3) is 3.12. The van der Waals surface area contributed by atoms with Gasteiger partial charge < -0.3 is 15.5 Å². The van der Waals surface area contributed by atoms with Gasteiger partial charge in [-0.2, -0.15) is 0 Å². The number of hydrogen-bond donors (Lipinski definition) is 3. The number of aliphatic hydroxyl groups is 2. The van der Waals surface area contributed by atoms with Crippen LogP contribution in [0.1, 0.15) is 12.5 Å². The molecule has 0 aliphatic carbocycles. The topological polar surface area (TPSA) is 65.4 Å². The molecular weight excluding hydrogens is 308 g/mol. The largest absolute Gasteiger partial charge is 0.394 e. The highest BCUT2D eigenvalue weighted by molar-refractivity contribution is 9.10. The number of hydrogen-bond acceptors (Lipinski definition) is 4. The highest BCUT2D eigenvalue weighted by Crippen LogP contribution is 2.25. The molecule has 0 spiro atoms. The third-order valence-corrected chi connectivity index (χ3v) is 3.90. The molecule has 1 aromatic heterocycles. The average Bonchev–Trinajstić information content (AvgIpc) is 2.46. The van der Waals surface area contributed by atoms with Crippen LogP contribution in [0.3, 0.4) is 0 Å². The van der Waals surface area contributed by atoms with Gasteiger partial charge in [0.05, 0.1) is 24.3 Å². The summed E-state index contributed by atoms with van der Waals surface area (Å²) < 4.78 is 1.01. The Balaban J connectivity index is 2.29. The molecule has 1 aromatic carbocycles. The van der Waals surface area contributed by atoms with Crippen LogP contribution in [-0.2, 0) is 6.54 Å². The molecule has 0 bridgehead atoms. The summed E-state index contributed by atoms with van der Waals surface area (Å²) in [6.07, 6.45) is 1.76. The Morgan fingerprint density at radius 1 is 1.26 bits per heavy atom. The molecule has 0 amide bonds. The molecule has 0 aliphatic heterocycles. The first-order valence-corrected chi connectivity index (χ1v) is 6.88. The monoisotopic (exact) mass is 324 g/mol. The molecule has 0 atom stereocenters. The van der Waals surface area contributed by atoms with E-state index in [4.69, 9.17) is 0 Å². The smallest absolute Gasteiger partial charge is 0.0758 e. The average molecular weight is 325 g/mol. The van der Waals surface area contributed by atoms with Crippen molar-refractivity contribution in [3.63, 3.8) is 0 Å². The van der Waals surface area contributed by atoms with Gasteiger partial charge in [-0.3, -0.25) is 4.98 Å². The van der Waals surface area contributed by atoms with Gasteiger partial charge in [0.25, 0.3) is 0 Å². The summed E-state index contributed by atoms with van der Waals surface area (Å²) in [5.74, 6) is 0. The normalized spacial score (nSPS) is 12.0. The molecule has 2 aromatic rings. The van der Waals surface area contributed by atoms with Crippen LogP contribution in [0.2, 0.25) is 0 Å². The number of benzene rings is 1. The maximum atomic E-state index is 9.28. The summed E-state index contributed by atoms with van der Waals surface area (Å²) in [5.41, 5.74) is 1.27. The van der Waals surface area contributed by atoms with Gasteiger partial charge in [-0.25, -0.2) is 0 Å². The molecule has 0 saturated carbocycles. The summed E-state index contributed by atoms with van der Waals surface area (Å²) in [7, 11) is 0. The second-order valence-electron chi connectivity index (χ2n) is 4.84. The maximum Gasteiger partial charge on any atom is 0.0758 e. The molecule has 0 aliphatic rings. The van der Waals surface area contributed by atoms with Crippen molar-refractivity contribution in [1.82, 2.24) is 10.3 Å². The van der Waals surface area contributed by atoms with E-state index in [2.05, 4.69) is 26.2 Å². The Bertz CT molecular complexity index is 570. The van der Waals surface area contributed by atoms with E-state index in [1.165, 1.54) is 0 Å². The van der Waals surface area contributed by atoms with Crippen molar-refractivity contribution in [3.05, 3.63) is 40.5 Å². The number of nitrogens with one attached hydrogen (secondary N) is 1. The SMILES string of the molecule is CC(CO)(CO)NCc1ccc(Br)c2cccnc12. The Morgan fingerprint density at radius 2 is 2.00 bits per heavy atom. The van der Waals surface area contributed by atoms with Crippen molar-refractivity contribution in [2.45, 2.75) is 19.0 Å². The molecule has 2 rings (SSSR count). The first kappa shape index (κ1) is 14.4. The molecule has 0 radical (unpaired) electrons. The summed E-state index contributed by atoms with van der Waals surface area (Å²) >= 11 is 3.51. The zero-order chi connectivity index (χ0) is 13.9. The molecular formula is C14H17BrN2O2. The van der Waals surface area contributed by atoms with Gasteiger partial charge in [0.15, 0.2) is 0 Å². The molecule has 19 heavy (non-hydrogen) atoms. The van der Waals surface area contributed by atoms with E-state index in [1.54, 1.807) is 13.1 Å².